The van der Waals surface area contributed by atoms with Crippen molar-refractivity contribution in [2.45, 2.75) is 39.7 Å². The van der Waals surface area contributed by atoms with Crippen LogP contribution < -0.4 is 4.74 Å². The average Bonchev–Trinajstić information content (AvgIpc) is 3.26. The number of hydrogen-bond acceptors (Lipinski definition) is 5. The second kappa shape index (κ2) is 12.0. The van der Waals surface area contributed by atoms with Crippen LogP contribution in [0.1, 0.15) is 34.6 Å². The van der Waals surface area contributed by atoms with Gasteiger partial charge in [0.05, 0.1) is 5.69 Å². The van der Waals surface area contributed by atoms with Gasteiger partial charge in [-0.25, -0.2) is 9.78 Å². The SMILES string of the molecule is Cc1ccc(OC(=O)N(CC(=O)O)Cc2cccc(CCCc3nc(-c4ccccc4)oc3C)c2)cc1. The lowest BCUT2D eigenvalue weighted by molar-refractivity contribution is -0.138. The van der Waals surface area contributed by atoms with Crippen molar-refractivity contribution in [3.8, 4) is 17.2 Å². The van der Waals surface area contributed by atoms with E-state index in [1.807, 2.05) is 80.6 Å². The predicted octanol–water partition coefficient (Wildman–Crippen LogP) is 6.22. The van der Waals surface area contributed by atoms with Crippen LogP contribution >= 0.6 is 0 Å². The van der Waals surface area contributed by atoms with Crippen LogP contribution in [0.2, 0.25) is 0 Å². The Bertz CT molecular complexity index is 1350. The lowest BCUT2D eigenvalue weighted by Crippen LogP contribution is -2.37. The standard InChI is InChI=1S/C30H30N2O5/c1-21-14-16-26(17-15-21)37-30(35)32(20-28(33)34)19-24-10-6-8-23(18-24)9-7-13-27-22(2)36-29(31-27)25-11-4-3-5-12-25/h3-6,8,10-12,14-18H,7,9,13,19-20H2,1-2H3,(H,33,34). The van der Waals surface area contributed by atoms with E-state index in [0.717, 1.165) is 53.0 Å². The van der Waals surface area contributed by atoms with Gasteiger partial charge >= 0.3 is 12.1 Å². The summed E-state index contributed by atoms with van der Waals surface area (Å²) in [4.78, 5) is 30.0. The molecule has 0 aliphatic heterocycles. The van der Waals surface area contributed by atoms with Crippen molar-refractivity contribution < 1.29 is 23.8 Å². The molecule has 0 aliphatic rings. The van der Waals surface area contributed by atoms with Gasteiger partial charge in [-0.1, -0.05) is 60.2 Å². The van der Waals surface area contributed by atoms with E-state index in [1.54, 1.807) is 12.1 Å². The number of oxazole rings is 1. The van der Waals surface area contributed by atoms with Crippen molar-refractivity contribution in [3.63, 3.8) is 0 Å². The Kier molecular flexibility index (Phi) is 8.36. The summed E-state index contributed by atoms with van der Waals surface area (Å²) in [5, 5.41) is 9.33. The number of aromatic nitrogens is 1. The van der Waals surface area contributed by atoms with Gasteiger partial charge in [0.1, 0.15) is 18.1 Å². The molecule has 7 nitrogen and oxygen atoms in total. The average molecular weight is 499 g/mol. The van der Waals surface area contributed by atoms with Gasteiger partial charge in [0.2, 0.25) is 5.89 Å². The molecule has 4 rings (SSSR count). The Balaban J connectivity index is 1.37. The van der Waals surface area contributed by atoms with Gasteiger partial charge in [-0.3, -0.25) is 9.69 Å². The van der Waals surface area contributed by atoms with E-state index < -0.39 is 18.6 Å². The maximum atomic E-state index is 12.7. The summed E-state index contributed by atoms with van der Waals surface area (Å²) in [6, 6.07) is 24.7. The highest BCUT2D eigenvalue weighted by Crippen LogP contribution is 2.23. The van der Waals surface area contributed by atoms with Gasteiger partial charge in [0, 0.05) is 12.1 Å². The van der Waals surface area contributed by atoms with Crippen molar-refractivity contribution >= 4 is 12.1 Å². The number of carbonyl (C=O) groups excluding carboxylic acids is 1. The van der Waals surface area contributed by atoms with E-state index >= 15 is 0 Å². The van der Waals surface area contributed by atoms with E-state index in [0.29, 0.717) is 11.6 Å². The van der Waals surface area contributed by atoms with Crippen LogP contribution in [-0.2, 0) is 24.2 Å². The molecule has 0 aliphatic carbocycles. The predicted molar refractivity (Wildman–Crippen MR) is 140 cm³/mol. The molecule has 37 heavy (non-hydrogen) atoms. The largest absolute Gasteiger partial charge is 0.480 e. The fourth-order valence-corrected chi connectivity index (χ4v) is 4.05. The number of hydrogen-bond donors (Lipinski definition) is 1. The van der Waals surface area contributed by atoms with Crippen molar-refractivity contribution in [2.75, 3.05) is 6.54 Å². The number of carbonyl (C=O) groups is 2. The molecule has 1 heterocycles. The molecule has 1 amide bonds. The first-order chi connectivity index (χ1) is 17.9. The summed E-state index contributed by atoms with van der Waals surface area (Å²) in [6.07, 6.45) is 1.76. The van der Waals surface area contributed by atoms with Gasteiger partial charge in [0.25, 0.3) is 0 Å². The topological polar surface area (TPSA) is 92.9 Å². The second-order valence-electron chi connectivity index (χ2n) is 8.99. The van der Waals surface area contributed by atoms with Crippen LogP contribution in [0.4, 0.5) is 4.79 Å². The molecule has 0 saturated carbocycles. The van der Waals surface area contributed by atoms with Crippen LogP contribution in [0.5, 0.6) is 5.75 Å². The number of aliphatic carboxylic acids is 1. The monoisotopic (exact) mass is 498 g/mol. The maximum absolute atomic E-state index is 12.7. The number of rotatable bonds is 10. The number of nitrogens with zero attached hydrogens (tertiary/aromatic N) is 2. The third-order valence-electron chi connectivity index (χ3n) is 5.97. The molecule has 1 aromatic heterocycles. The Morgan fingerprint density at radius 1 is 0.919 bits per heavy atom. The summed E-state index contributed by atoms with van der Waals surface area (Å²) in [6.45, 7) is 3.55. The molecule has 3 aromatic carbocycles. The van der Waals surface area contributed by atoms with Gasteiger partial charge in [-0.05, 0) is 68.5 Å². The lowest BCUT2D eigenvalue weighted by Gasteiger charge is -2.20. The molecule has 1 N–H and O–H groups in total. The van der Waals surface area contributed by atoms with E-state index in [-0.39, 0.29) is 6.54 Å². The minimum absolute atomic E-state index is 0.133. The molecule has 7 heteroatoms. The normalized spacial score (nSPS) is 10.8. The number of benzene rings is 3. The number of carboxylic acid groups (broad SMARTS) is 1. The molecule has 0 unspecified atom stereocenters. The Morgan fingerprint density at radius 3 is 2.38 bits per heavy atom. The molecule has 4 aromatic rings. The van der Waals surface area contributed by atoms with Gasteiger partial charge in [0.15, 0.2) is 0 Å². The van der Waals surface area contributed by atoms with E-state index in [1.165, 1.54) is 4.90 Å². The number of ether oxygens (including phenoxy) is 1. The zero-order valence-electron chi connectivity index (χ0n) is 21.0. The summed E-state index contributed by atoms with van der Waals surface area (Å²) in [5.74, 6) is 0.725. The molecular weight excluding hydrogens is 468 g/mol. The highest BCUT2D eigenvalue weighted by Gasteiger charge is 2.20. The van der Waals surface area contributed by atoms with Crippen LogP contribution in [-0.4, -0.2) is 33.6 Å². The molecule has 0 atom stereocenters. The molecule has 0 spiro atoms. The summed E-state index contributed by atoms with van der Waals surface area (Å²) >= 11 is 0. The number of carboxylic acids is 1. The van der Waals surface area contributed by atoms with Crippen molar-refractivity contribution in [1.29, 1.82) is 0 Å². The van der Waals surface area contributed by atoms with Crippen molar-refractivity contribution in [3.05, 3.63) is 107 Å². The molecule has 0 bridgehead atoms. The zero-order valence-corrected chi connectivity index (χ0v) is 21.0. The lowest BCUT2D eigenvalue weighted by atomic mass is 10.0. The zero-order chi connectivity index (χ0) is 26.2. The number of amides is 1. The first-order valence-electron chi connectivity index (χ1n) is 12.2. The Morgan fingerprint density at radius 2 is 1.65 bits per heavy atom. The molecule has 190 valence electrons. The fraction of sp³-hybridized carbons (Fsp3) is 0.233. The minimum atomic E-state index is -1.10. The first-order valence-corrected chi connectivity index (χ1v) is 12.2. The number of aryl methyl sites for hydroxylation is 4. The first kappa shape index (κ1) is 25.7. The van der Waals surface area contributed by atoms with Crippen LogP contribution in [0.25, 0.3) is 11.5 Å². The molecule has 0 fully saturated rings. The third-order valence-corrected chi connectivity index (χ3v) is 5.97. The van der Waals surface area contributed by atoms with Gasteiger partial charge in [-0.15, -0.1) is 0 Å². The highest BCUT2D eigenvalue weighted by molar-refractivity contribution is 5.78. The van der Waals surface area contributed by atoms with E-state index in [4.69, 9.17) is 9.15 Å². The maximum Gasteiger partial charge on any atom is 0.416 e. The fourth-order valence-electron chi connectivity index (χ4n) is 4.05. The smallest absolute Gasteiger partial charge is 0.416 e. The summed E-state index contributed by atoms with van der Waals surface area (Å²) in [5.41, 5.74) is 4.87. The van der Waals surface area contributed by atoms with E-state index in [2.05, 4.69) is 4.98 Å². The Labute approximate surface area is 216 Å². The third kappa shape index (κ3) is 7.30. The highest BCUT2D eigenvalue weighted by atomic mass is 16.6. The van der Waals surface area contributed by atoms with Gasteiger partial charge < -0.3 is 14.3 Å². The molecular formula is C30H30N2O5. The summed E-state index contributed by atoms with van der Waals surface area (Å²) in [7, 11) is 0. The molecule has 0 radical (unpaired) electrons. The second-order valence-corrected chi connectivity index (χ2v) is 8.99. The van der Waals surface area contributed by atoms with Crippen LogP contribution in [0.3, 0.4) is 0 Å². The Hall–Kier alpha value is -4.39. The van der Waals surface area contributed by atoms with Crippen LogP contribution in [0, 0.1) is 13.8 Å². The summed E-state index contributed by atoms with van der Waals surface area (Å²) < 4.78 is 11.3. The quantitative estimate of drug-likeness (QED) is 0.279. The van der Waals surface area contributed by atoms with Crippen molar-refractivity contribution in [1.82, 2.24) is 9.88 Å². The van der Waals surface area contributed by atoms with E-state index in [9.17, 15) is 14.7 Å². The molecule has 0 saturated heterocycles. The minimum Gasteiger partial charge on any atom is -0.480 e. The van der Waals surface area contributed by atoms with Crippen molar-refractivity contribution in [2.24, 2.45) is 0 Å². The van der Waals surface area contributed by atoms with Gasteiger partial charge in [-0.2, -0.15) is 0 Å². The van der Waals surface area contributed by atoms with Crippen LogP contribution in [0.15, 0.2) is 83.3 Å².